The summed E-state index contributed by atoms with van der Waals surface area (Å²) >= 11 is 6.38. The molecule has 3 aromatic heterocycles. The minimum Gasteiger partial charge on any atom is -0.550 e. The van der Waals surface area contributed by atoms with Crippen molar-refractivity contribution in [3.8, 4) is 11.4 Å². The Hall–Kier alpha value is -1.77. The maximum Gasteiger partial charge on any atom is 0.254 e. The highest BCUT2D eigenvalue weighted by Crippen LogP contribution is 2.28. The van der Waals surface area contributed by atoms with E-state index < -0.39 is 5.97 Å². The van der Waals surface area contributed by atoms with Crippen molar-refractivity contribution >= 4 is 56.2 Å². The van der Waals surface area contributed by atoms with Crippen LogP contribution >= 0.6 is 38.6 Å². The lowest BCUT2D eigenvalue weighted by atomic mass is 10.1. The summed E-state index contributed by atoms with van der Waals surface area (Å²) in [6.45, 7) is 0. The Morgan fingerprint density at radius 2 is 2.27 bits per heavy atom. The van der Waals surface area contributed by atoms with Crippen LogP contribution in [0, 0.1) is 0 Å². The number of hydrogen-bond donors (Lipinski definition) is 0. The van der Waals surface area contributed by atoms with Crippen molar-refractivity contribution in [1.29, 1.82) is 0 Å². The van der Waals surface area contributed by atoms with Crippen LogP contribution < -0.4 is 5.11 Å². The Bertz CT molecular complexity index is 821. The first-order valence-electron chi connectivity index (χ1n) is 6.14. The topological polar surface area (TPSA) is 79.0 Å². The average Bonchev–Trinajstić information content (AvgIpc) is 3.18. The molecule has 0 unspecified atom stereocenters. The smallest absolute Gasteiger partial charge is 0.254 e. The van der Waals surface area contributed by atoms with Crippen LogP contribution in [0.25, 0.3) is 23.0 Å². The summed E-state index contributed by atoms with van der Waals surface area (Å²) in [6.07, 6.45) is 1.43. The number of nitrogens with zero attached hydrogens (tertiary/aromatic N) is 2. The number of carboxylic acids is 1. The number of rotatable bonds is 5. The van der Waals surface area contributed by atoms with Crippen molar-refractivity contribution in [2.75, 3.05) is 0 Å². The lowest BCUT2D eigenvalue weighted by Crippen LogP contribution is -2.22. The highest BCUT2D eigenvalue weighted by atomic mass is 79.9. The van der Waals surface area contributed by atoms with Gasteiger partial charge in [-0.05, 0) is 45.6 Å². The Morgan fingerprint density at radius 3 is 2.91 bits per heavy atom. The monoisotopic (exact) mass is 395 g/mol. The van der Waals surface area contributed by atoms with Gasteiger partial charge in [-0.1, -0.05) is 5.16 Å². The molecule has 0 spiro atoms. The van der Waals surface area contributed by atoms with Crippen molar-refractivity contribution in [3.63, 3.8) is 0 Å². The van der Waals surface area contributed by atoms with Crippen LogP contribution in [-0.4, -0.2) is 16.1 Å². The molecule has 3 rings (SSSR count). The summed E-state index contributed by atoms with van der Waals surface area (Å²) in [5.74, 6) is -0.570. The zero-order chi connectivity index (χ0) is 15.5. The van der Waals surface area contributed by atoms with Gasteiger partial charge in [-0.2, -0.15) is 16.3 Å². The average molecular weight is 396 g/mol. The third-order valence-electron chi connectivity index (χ3n) is 2.73. The van der Waals surface area contributed by atoms with Crippen molar-refractivity contribution < 1.29 is 14.4 Å². The Balaban J connectivity index is 1.96. The number of thiophene rings is 2. The molecule has 0 amide bonds. The van der Waals surface area contributed by atoms with Gasteiger partial charge in [0, 0.05) is 33.8 Å². The second kappa shape index (κ2) is 6.55. The van der Waals surface area contributed by atoms with E-state index in [9.17, 15) is 9.90 Å². The number of halogens is 1. The third kappa shape index (κ3) is 3.52. The molecule has 0 N–H and O–H groups in total. The van der Waals surface area contributed by atoms with Crippen molar-refractivity contribution in [2.45, 2.75) is 6.42 Å². The molecule has 3 heterocycles. The fourth-order valence-electron chi connectivity index (χ4n) is 1.78. The fraction of sp³-hybridized carbons (Fsp3) is 0.0714. The predicted molar refractivity (Wildman–Crippen MR) is 87.1 cm³/mol. The van der Waals surface area contributed by atoms with Gasteiger partial charge in [-0.3, -0.25) is 0 Å². The van der Waals surface area contributed by atoms with Crippen LogP contribution in [0.2, 0.25) is 0 Å². The van der Waals surface area contributed by atoms with E-state index in [1.807, 2.05) is 29.0 Å². The van der Waals surface area contributed by atoms with Crippen LogP contribution in [-0.2, 0) is 4.79 Å². The molecule has 0 saturated carbocycles. The van der Waals surface area contributed by atoms with Crippen LogP contribution in [0.1, 0.15) is 17.2 Å². The number of aliphatic carboxylic acids is 1. The van der Waals surface area contributed by atoms with Gasteiger partial charge in [0.05, 0.1) is 3.79 Å². The molecule has 0 aliphatic carbocycles. The Labute approximate surface area is 142 Å². The highest BCUT2D eigenvalue weighted by molar-refractivity contribution is 9.11. The standard InChI is InChI=1S/C14H9BrN2O3S2/c15-11-2-1-10(22-11)5-9(6-12(18)19)14-16-13(17-20-14)8-3-4-21-7-8/h1-5,7H,6H2,(H,18,19)/p-1/b9-5+. The molecule has 0 atom stereocenters. The third-order valence-corrected chi connectivity index (χ3v) is 4.98. The molecule has 112 valence electrons. The van der Waals surface area contributed by atoms with E-state index in [1.165, 1.54) is 22.7 Å². The van der Waals surface area contributed by atoms with E-state index in [1.54, 1.807) is 6.08 Å². The summed E-state index contributed by atoms with van der Waals surface area (Å²) in [7, 11) is 0. The second-order valence-corrected chi connectivity index (χ2v) is 7.57. The SMILES string of the molecule is O=C([O-])C/C(=C\c1ccc(Br)s1)c1nc(-c2ccsc2)no1. The molecule has 3 aromatic rings. The zero-order valence-corrected chi connectivity index (χ0v) is 14.2. The molecular formula is C14H8BrN2O3S2-. The molecule has 0 bridgehead atoms. The summed E-state index contributed by atoms with van der Waals surface area (Å²) in [5.41, 5.74) is 1.26. The summed E-state index contributed by atoms with van der Waals surface area (Å²) in [4.78, 5) is 16.1. The number of carboxylic acid groups (broad SMARTS) is 1. The second-order valence-electron chi connectivity index (χ2n) is 4.30. The quantitative estimate of drug-likeness (QED) is 0.661. The van der Waals surface area contributed by atoms with Crippen LogP contribution in [0.15, 0.2) is 37.3 Å². The number of carbonyl (C=O) groups excluding carboxylic acids is 1. The van der Waals surface area contributed by atoms with E-state index in [-0.39, 0.29) is 12.3 Å². The first-order valence-corrected chi connectivity index (χ1v) is 8.69. The maximum absolute atomic E-state index is 11.0. The molecule has 0 aliphatic rings. The zero-order valence-electron chi connectivity index (χ0n) is 11.0. The van der Waals surface area contributed by atoms with E-state index in [4.69, 9.17) is 4.52 Å². The van der Waals surface area contributed by atoms with Gasteiger partial charge < -0.3 is 14.4 Å². The fourth-order valence-corrected chi connectivity index (χ4v) is 3.81. The summed E-state index contributed by atoms with van der Waals surface area (Å²) in [6, 6.07) is 5.63. The highest BCUT2D eigenvalue weighted by Gasteiger charge is 2.14. The maximum atomic E-state index is 11.0. The Morgan fingerprint density at radius 1 is 1.41 bits per heavy atom. The molecule has 0 aliphatic heterocycles. The van der Waals surface area contributed by atoms with Gasteiger partial charge >= 0.3 is 0 Å². The van der Waals surface area contributed by atoms with Gasteiger partial charge in [0.1, 0.15) is 0 Å². The predicted octanol–water partition coefficient (Wildman–Crippen LogP) is 3.30. The van der Waals surface area contributed by atoms with Gasteiger partial charge in [0.15, 0.2) is 0 Å². The van der Waals surface area contributed by atoms with Crippen molar-refractivity contribution in [1.82, 2.24) is 10.1 Å². The number of hydrogen-bond acceptors (Lipinski definition) is 7. The molecule has 8 heteroatoms. The number of aromatic nitrogens is 2. The molecule has 0 radical (unpaired) electrons. The van der Waals surface area contributed by atoms with Crippen LogP contribution in [0.4, 0.5) is 0 Å². The molecule has 0 saturated heterocycles. The largest absolute Gasteiger partial charge is 0.550 e. The van der Waals surface area contributed by atoms with E-state index in [2.05, 4.69) is 26.1 Å². The summed E-state index contributed by atoms with van der Waals surface area (Å²) in [5, 5.41) is 18.7. The first kappa shape index (κ1) is 15.1. The van der Waals surface area contributed by atoms with Crippen molar-refractivity contribution in [2.24, 2.45) is 0 Å². The molecule has 22 heavy (non-hydrogen) atoms. The number of carbonyl (C=O) groups is 1. The molecule has 5 nitrogen and oxygen atoms in total. The minimum absolute atomic E-state index is 0.190. The van der Waals surface area contributed by atoms with Gasteiger partial charge in [0.25, 0.3) is 5.89 Å². The lowest BCUT2D eigenvalue weighted by Gasteiger charge is -2.02. The van der Waals surface area contributed by atoms with Gasteiger partial charge in [-0.25, -0.2) is 0 Å². The molecule has 0 aromatic carbocycles. The van der Waals surface area contributed by atoms with Gasteiger partial charge in [-0.15, -0.1) is 11.3 Å². The van der Waals surface area contributed by atoms with Crippen LogP contribution in [0.3, 0.4) is 0 Å². The first-order chi connectivity index (χ1) is 10.6. The van der Waals surface area contributed by atoms with Crippen molar-refractivity contribution in [3.05, 3.63) is 43.5 Å². The van der Waals surface area contributed by atoms with Gasteiger partial charge in [0.2, 0.25) is 5.82 Å². The minimum atomic E-state index is -1.20. The summed E-state index contributed by atoms with van der Waals surface area (Å²) < 4.78 is 6.16. The van der Waals surface area contributed by atoms with Crippen LogP contribution in [0.5, 0.6) is 0 Å². The van der Waals surface area contributed by atoms with E-state index >= 15 is 0 Å². The normalized spacial score (nSPS) is 11.8. The molecule has 0 fully saturated rings. The van der Waals surface area contributed by atoms with E-state index in [0.29, 0.717) is 11.4 Å². The Kier molecular flexibility index (Phi) is 4.51. The van der Waals surface area contributed by atoms with E-state index in [0.717, 1.165) is 14.2 Å². The molecular weight excluding hydrogens is 388 g/mol. The lowest BCUT2D eigenvalue weighted by molar-refractivity contribution is -0.304.